The molecule has 0 aliphatic carbocycles. The SMILES string of the molecule is CCCNC(=O)[C@H](C)N(Cc1ccc(Br)cc1)C(=O)CN(c1ccc(OC)cc1)S(=O)(=O)c1ccccc1. The molecule has 0 bridgehead atoms. The predicted molar refractivity (Wildman–Crippen MR) is 151 cm³/mol. The van der Waals surface area contributed by atoms with Crippen molar-refractivity contribution < 1.29 is 22.7 Å². The van der Waals surface area contributed by atoms with Crippen LogP contribution in [0.15, 0.2) is 88.2 Å². The molecule has 0 saturated carbocycles. The minimum absolute atomic E-state index is 0.0526. The molecule has 38 heavy (non-hydrogen) atoms. The van der Waals surface area contributed by atoms with Gasteiger partial charge in [0.25, 0.3) is 10.0 Å². The van der Waals surface area contributed by atoms with Crippen LogP contribution in [-0.4, -0.2) is 51.4 Å². The number of sulfonamides is 1. The van der Waals surface area contributed by atoms with E-state index in [0.717, 1.165) is 20.8 Å². The smallest absolute Gasteiger partial charge is 0.264 e. The fourth-order valence-electron chi connectivity index (χ4n) is 3.76. The fourth-order valence-corrected chi connectivity index (χ4v) is 5.46. The van der Waals surface area contributed by atoms with Gasteiger partial charge >= 0.3 is 0 Å². The van der Waals surface area contributed by atoms with Crippen molar-refractivity contribution in [2.24, 2.45) is 0 Å². The Morgan fingerprint density at radius 3 is 2.18 bits per heavy atom. The molecule has 0 heterocycles. The quantitative estimate of drug-likeness (QED) is 0.327. The molecular weight excluding hydrogens is 570 g/mol. The number of hydrogen-bond acceptors (Lipinski definition) is 5. The number of anilines is 1. The van der Waals surface area contributed by atoms with Crippen molar-refractivity contribution in [1.82, 2.24) is 10.2 Å². The highest BCUT2D eigenvalue weighted by Gasteiger charge is 2.32. The van der Waals surface area contributed by atoms with E-state index in [2.05, 4.69) is 21.2 Å². The van der Waals surface area contributed by atoms with Gasteiger partial charge in [-0.1, -0.05) is 53.2 Å². The summed E-state index contributed by atoms with van der Waals surface area (Å²) in [7, 11) is -2.59. The number of methoxy groups -OCH3 is 1. The lowest BCUT2D eigenvalue weighted by atomic mass is 10.1. The number of halogens is 1. The standard InChI is InChI=1S/C28H32BrN3O5S/c1-4-18-30-28(34)21(2)31(19-22-10-12-23(29)13-11-22)27(33)20-32(24-14-16-25(37-3)17-15-24)38(35,36)26-8-6-5-7-9-26/h5-17,21H,4,18-20H2,1-3H3,(H,30,34)/t21-/m0/s1. The molecule has 202 valence electrons. The molecular formula is C28H32BrN3O5S. The summed E-state index contributed by atoms with van der Waals surface area (Å²) in [5.41, 5.74) is 1.10. The van der Waals surface area contributed by atoms with Crippen molar-refractivity contribution in [1.29, 1.82) is 0 Å². The van der Waals surface area contributed by atoms with Gasteiger partial charge < -0.3 is 15.0 Å². The summed E-state index contributed by atoms with van der Waals surface area (Å²) in [5.74, 6) is -0.267. The van der Waals surface area contributed by atoms with Gasteiger partial charge in [0.05, 0.1) is 17.7 Å². The molecule has 0 unspecified atom stereocenters. The lowest BCUT2D eigenvalue weighted by Gasteiger charge is -2.32. The van der Waals surface area contributed by atoms with Crippen molar-refractivity contribution in [3.05, 3.63) is 88.9 Å². The first-order chi connectivity index (χ1) is 18.2. The third-order valence-electron chi connectivity index (χ3n) is 5.95. The van der Waals surface area contributed by atoms with E-state index in [-0.39, 0.29) is 17.3 Å². The first-order valence-corrected chi connectivity index (χ1v) is 14.4. The Bertz CT molecular complexity index is 1320. The van der Waals surface area contributed by atoms with E-state index in [0.29, 0.717) is 18.0 Å². The molecule has 0 fully saturated rings. The van der Waals surface area contributed by atoms with Gasteiger partial charge in [0, 0.05) is 17.6 Å². The Balaban J connectivity index is 2.00. The van der Waals surface area contributed by atoms with Crippen LogP contribution in [-0.2, 0) is 26.2 Å². The zero-order valence-corrected chi connectivity index (χ0v) is 24.0. The Morgan fingerprint density at radius 1 is 0.974 bits per heavy atom. The first kappa shape index (κ1) is 29.2. The molecule has 3 aromatic carbocycles. The van der Waals surface area contributed by atoms with Crippen molar-refractivity contribution >= 4 is 43.5 Å². The van der Waals surface area contributed by atoms with Crippen LogP contribution in [0.3, 0.4) is 0 Å². The van der Waals surface area contributed by atoms with Crippen molar-refractivity contribution in [2.45, 2.75) is 37.8 Å². The maximum atomic E-state index is 13.8. The Labute approximate surface area is 232 Å². The minimum Gasteiger partial charge on any atom is -0.497 e. The monoisotopic (exact) mass is 601 g/mol. The van der Waals surface area contributed by atoms with Crippen LogP contribution in [0.5, 0.6) is 5.75 Å². The van der Waals surface area contributed by atoms with E-state index >= 15 is 0 Å². The number of carbonyl (C=O) groups excluding carboxylic acids is 2. The summed E-state index contributed by atoms with van der Waals surface area (Å²) in [6.07, 6.45) is 0.750. The number of carbonyl (C=O) groups is 2. The van der Waals surface area contributed by atoms with E-state index in [4.69, 9.17) is 4.74 Å². The molecule has 0 aliphatic heterocycles. The molecule has 10 heteroatoms. The molecule has 0 radical (unpaired) electrons. The van der Waals surface area contributed by atoms with Gasteiger partial charge in [0.1, 0.15) is 18.3 Å². The summed E-state index contributed by atoms with van der Waals surface area (Å²) < 4.78 is 34.6. The average molecular weight is 603 g/mol. The Hall–Kier alpha value is -3.37. The summed E-state index contributed by atoms with van der Waals surface area (Å²) >= 11 is 3.41. The highest BCUT2D eigenvalue weighted by molar-refractivity contribution is 9.10. The molecule has 1 N–H and O–H groups in total. The Kier molecular flexibility index (Phi) is 10.3. The topological polar surface area (TPSA) is 96.0 Å². The number of nitrogens with one attached hydrogen (secondary N) is 1. The van der Waals surface area contributed by atoms with Crippen LogP contribution in [0.25, 0.3) is 0 Å². The molecule has 0 aromatic heterocycles. The molecule has 3 rings (SSSR count). The van der Waals surface area contributed by atoms with Crippen LogP contribution >= 0.6 is 15.9 Å². The molecule has 8 nitrogen and oxygen atoms in total. The van der Waals surface area contributed by atoms with Gasteiger partial charge in [-0.05, 0) is 67.4 Å². The summed E-state index contributed by atoms with van der Waals surface area (Å²) in [6, 6.07) is 21.0. The van der Waals surface area contributed by atoms with Gasteiger partial charge in [0.15, 0.2) is 0 Å². The molecule has 3 aromatic rings. The average Bonchev–Trinajstić information content (AvgIpc) is 2.94. The second-order valence-electron chi connectivity index (χ2n) is 8.64. The zero-order chi connectivity index (χ0) is 27.7. The third kappa shape index (κ3) is 7.35. The number of rotatable bonds is 12. The largest absolute Gasteiger partial charge is 0.497 e. The van der Waals surface area contributed by atoms with Crippen LogP contribution in [0.1, 0.15) is 25.8 Å². The number of nitrogens with zero attached hydrogens (tertiary/aromatic N) is 2. The van der Waals surface area contributed by atoms with E-state index in [1.807, 2.05) is 31.2 Å². The van der Waals surface area contributed by atoms with Crippen LogP contribution in [0.2, 0.25) is 0 Å². The van der Waals surface area contributed by atoms with Crippen molar-refractivity contribution in [2.75, 3.05) is 24.5 Å². The lowest BCUT2D eigenvalue weighted by Crippen LogP contribution is -2.51. The van der Waals surface area contributed by atoms with Gasteiger partial charge in [0.2, 0.25) is 11.8 Å². The van der Waals surface area contributed by atoms with Crippen LogP contribution < -0.4 is 14.4 Å². The van der Waals surface area contributed by atoms with E-state index < -0.39 is 28.5 Å². The minimum atomic E-state index is -4.10. The number of benzene rings is 3. The normalized spacial score (nSPS) is 11.9. The van der Waals surface area contributed by atoms with Crippen molar-refractivity contribution in [3.8, 4) is 5.75 Å². The predicted octanol–water partition coefficient (Wildman–Crippen LogP) is 4.60. The highest BCUT2D eigenvalue weighted by Crippen LogP contribution is 2.26. The van der Waals surface area contributed by atoms with Gasteiger partial charge in [-0.15, -0.1) is 0 Å². The summed E-state index contributed by atoms with van der Waals surface area (Å²) in [5, 5.41) is 2.83. The number of amides is 2. The Morgan fingerprint density at radius 2 is 1.61 bits per heavy atom. The van der Waals surface area contributed by atoms with Gasteiger partial charge in [-0.2, -0.15) is 0 Å². The molecule has 0 aliphatic rings. The zero-order valence-electron chi connectivity index (χ0n) is 21.6. The van der Waals surface area contributed by atoms with Crippen LogP contribution in [0.4, 0.5) is 5.69 Å². The maximum absolute atomic E-state index is 13.8. The molecule has 1 atom stereocenters. The van der Waals surface area contributed by atoms with Gasteiger partial charge in [-0.3, -0.25) is 13.9 Å². The molecule has 2 amide bonds. The lowest BCUT2D eigenvalue weighted by molar-refractivity contribution is -0.139. The highest BCUT2D eigenvalue weighted by atomic mass is 79.9. The summed E-state index contributed by atoms with van der Waals surface area (Å²) in [6.45, 7) is 3.70. The van der Waals surface area contributed by atoms with E-state index in [9.17, 15) is 18.0 Å². The van der Waals surface area contributed by atoms with Crippen LogP contribution in [0, 0.1) is 0 Å². The third-order valence-corrected chi connectivity index (χ3v) is 8.27. The van der Waals surface area contributed by atoms with E-state index in [1.165, 1.54) is 24.1 Å². The second kappa shape index (κ2) is 13.4. The molecule has 0 saturated heterocycles. The van der Waals surface area contributed by atoms with Gasteiger partial charge in [-0.25, -0.2) is 8.42 Å². The second-order valence-corrected chi connectivity index (χ2v) is 11.4. The number of ether oxygens (including phenoxy) is 1. The summed E-state index contributed by atoms with van der Waals surface area (Å²) in [4.78, 5) is 28.2. The molecule has 0 spiro atoms. The maximum Gasteiger partial charge on any atom is 0.264 e. The number of hydrogen-bond donors (Lipinski definition) is 1. The first-order valence-electron chi connectivity index (χ1n) is 12.2. The van der Waals surface area contributed by atoms with E-state index in [1.54, 1.807) is 49.4 Å². The fraction of sp³-hybridized carbons (Fsp3) is 0.286. The van der Waals surface area contributed by atoms with Crippen molar-refractivity contribution in [3.63, 3.8) is 0 Å².